The van der Waals surface area contributed by atoms with Gasteiger partial charge in [-0.15, -0.1) is 18.3 Å². The van der Waals surface area contributed by atoms with Crippen LogP contribution in [0.3, 0.4) is 0 Å². The molecule has 1 amide bonds. The number of hydrogen-bond donors (Lipinski definition) is 0. The molecule has 0 aliphatic carbocycles. The summed E-state index contributed by atoms with van der Waals surface area (Å²) >= 11 is 7.50. The Bertz CT molecular complexity index is 805. The first-order valence-electron chi connectivity index (χ1n) is 8.52. The Morgan fingerprint density at radius 3 is 3.04 bits per heavy atom. The fourth-order valence-corrected chi connectivity index (χ4v) is 3.54. The third-order valence-electron chi connectivity index (χ3n) is 3.92. The van der Waals surface area contributed by atoms with Crippen molar-refractivity contribution in [2.45, 2.75) is 11.1 Å². The summed E-state index contributed by atoms with van der Waals surface area (Å²) in [5.41, 5.74) is 0.598. The molecule has 3 heterocycles. The minimum atomic E-state index is -0.236. The van der Waals surface area contributed by atoms with Crippen LogP contribution in [0.2, 0.25) is 5.15 Å². The lowest BCUT2D eigenvalue weighted by molar-refractivity contribution is -0.0402. The highest BCUT2D eigenvalue weighted by Crippen LogP contribution is 2.23. The van der Waals surface area contributed by atoms with Gasteiger partial charge >= 0.3 is 0 Å². The molecule has 2 aromatic rings. The monoisotopic (exact) mass is 405 g/mol. The molecule has 1 unspecified atom stereocenters. The average molecular weight is 406 g/mol. The number of carbonyl (C=O) groups excluding carboxylic acids is 1. The van der Waals surface area contributed by atoms with Gasteiger partial charge in [0, 0.05) is 24.7 Å². The summed E-state index contributed by atoms with van der Waals surface area (Å²) in [6.45, 7) is 5.43. The van der Waals surface area contributed by atoms with Crippen molar-refractivity contribution in [2.75, 3.05) is 32.1 Å². The maximum absolute atomic E-state index is 13.0. The number of hydrogen-bond acceptors (Lipinski definition) is 6. The second-order valence-electron chi connectivity index (χ2n) is 5.80. The van der Waals surface area contributed by atoms with Crippen molar-refractivity contribution in [3.8, 4) is 5.75 Å². The van der Waals surface area contributed by atoms with Crippen molar-refractivity contribution >= 4 is 29.3 Å². The maximum Gasteiger partial charge on any atom is 0.256 e. The van der Waals surface area contributed by atoms with Gasteiger partial charge in [-0.25, -0.2) is 9.97 Å². The Balaban J connectivity index is 1.63. The summed E-state index contributed by atoms with van der Waals surface area (Å²) in [6, 6.07) is 7.08. The smallest absolute Gasteiger partial charge is 0.256 e. The number of carbonyl (C=O) groups is 1. The zero-order valence-corrected chi connectivity index (χ0v) is 16.3. The summed E-state index contributed by atoms with van der Waals surface area (Å²) in [5.74, 6) is 1.15. The molecule has 6 nitrogen and oxygen atoms in total. The number of ether oxygens (including phenoxy) is 2. The van der Waals surface area contributed by atoms with Crippen LogP contribution in [0.1, 0.15) is 10.4 Å². The Kier molecular flexibility index (Phi) is 7.09. The van der Waals surface area contributed by atoms with Gasteiger partial charge in [-0.3, -0.25) is 4.79 Å². The molecule has 142 valence electrons. The SMILES string of the molecule is C=CCSc1ncccc1C(=O)N1CCOC(COc2cccnc2Cl)C1. The molecular formula is C19H20ClN3O3S. The number of nitrogens with zero attached hydrogens (tertiary/aromatic N) is 3. The summed E-state index contributed by atoms with van der Waals surface area (Å²) in [6.07, 6.45) is 4.84. The first kappa shape index (κ1) is 19.7. The molecule has 0 saturated carbocycles. The van der Waals surface area contributed by atoms with Gasteiger partial charge in [0.15, 0.2) is 10.9 Å². The van der Waals surface area contributed by atoms with Crippen LogP contribution in [0.25, 0.3) is 0 Å². The zero-order valence-electron chi connectivity index (χ0n) is 14.7. The van der Waals surface area contributed by atoms with E-state index in [0.29, 0.717) is 53.5 Å². The van der Waals surface area contributed by atoms with Crippen molar-refractivity contribution in [1.29, 1.82) is 0 Å². The van der Waals surface area contributed by atoms with Crippen LogP contribution >= 0.6 is 23.4 Å². The predicted molar refractivity (Wildman–Crippen MR) is 106 cm³/mol. The van der Waals surface area contributed by atoms with Crippen LogP contribution < -0.4 is 4.74 Å². The van der Waals surface area contributed by atoms with Crippen molar-refractivity contribution in [1.82, 2.24) is 14.9 Å². The van der Waals surface area contributed by atoms with E-state index in [4.69, 9.17) is 21.1 Å². The van der Waals surface area contributed by atoms with E-state index in [0.717, 1.165) is 0 Å². The molecule has 2 aromatic heterocycles. The van der Waals surface area contributed by atoms with Gasteiger partial charge < -0.3 is 14.4 Å². The fourth-order valence-electron chi connectivity index (χ4n) is 2.64. The molecule has 27 heavy (non-hydrogen) atoms. The lowest BCUT2D eigenvalue weighted by atomic mass is 10.2. The number of amides is 1. The van der Waals surface area contributed by atoms with Crippen LogP contribution in [0.4, 0.5) is 0 Å². The lowest BCUT2D eigenvalue weighted by Crippen LogP contribution is -2.47. The maximum atomic E-state index is 13.0. The topological polar surface area (TPSA) is 64.6 Å². The van der Waals surface area contributed by atoms with Crippen LogP contribution in [-0.4, -0.2) is 58.9 Å². The number of morpholine rings is 1. The molecule has 0 aromatic carbocycles. The molecule has 1 saturated heterocycles. The second kappa shape index (κ2) is 9.73. The molecule has 8 heteroatoms. The molecule has 1 atom stereocenters. The molecular weight excluding hydrogens is 386 g/mol. The quantitative estimate of drug-likeness (QED) is 0.400. The number of halogens is 1. The molecule has 1 aliphatic rings. The molecule has 1 aliphatic heterocycles. The van der Waals surface area contributed by atoms with Gasteiger partial charge in [0.2, 0.25) is 0 Å². The van der Waals surface area contributed by atoms with Gasteiger partial charge in [-0.2, -0.15) is 0 Å². The van der Waals surface area contributed by atoms with Crippen molar-refractivity contribution < 1.29 is 14.3 Å². The molecule has 0 radical (unpaired) electrons. The van der Waals surface area contributed by atoms with E-state index in [-0.39, 0.29) is 12.0 Å². The van der Waals surface area contributed by atoms with Crippen LogP contribution in [0.15, 0.2) is 54.3 Å². The van der Waals surface area contributed by atoms with Gasteiger partial charge in [-0.05, 0) is 24.3 Å². The molecule has 1 fully saturated rings. The van der Waals surface area contributed by atoms with E-state index in [9.17, 15) is 4.79 Å². The third kappa shape index (κ3) is 5.22. The fraction of sp³-hybridized carbons (Fsp3) is 0.316. The first-order valence-corrected chi connectivity index (χ1v) is 9.88. The molecule has 0 N–H and O–H groups in total. The highest BCUT2D eigenvalue weighted by atomic mass is 35.5. The van der Waals surface area contributed by atoms with E-state index in [1.54, 1.807) is 47.6 Å². The third-order valence-corrected chi connectivity index (χ3v) is 5.20. The lowest BCUT2D eigenvalue weighted by Gasteiger charge is -2.33. The van der Waals surface area contributed by atoms with Gasteiger partial charge in [0.1, 0.15) is 17.7 Å². The molecule has 0 bridgehead atoms. The standard InChI is InChI=1S/C19H20ClN3O3S/c1-2-11-27-18-15(5-3-8-22-18)19(24)23-9-10-25-14(12-23)13-26-16-6-4-7-21-17(16)20/h2-8,14H,1,9-13H2. The Labute approximate surface area is 167 Å². The highest BCUT2D eigenvalue weighted by Gasteiger charge is 2.27. The minimum Gasteiger partial charge on any atom is -0.488 e. The Hall–Kier alpha value is -2.09. The Morgan fingerprint density at radius 1 is 1.41 bits per heavy atom. The second-order valence-corrected chi connectivity index (χ2v) is 7.17. The normalized spacial score (nSPS) is 16.8. The predicted octanol–water partition coefficient (Wildman–Crippen LogP) is 3.33. The minimum absolute atomic E-state index is 0.0534. The van der Waals surface area contributed by atoms with Gasteiger partial charge in [-0.1, -0.05) is 17.7 Å². The van der Waals surface area contributed by atoms with Crippen molar-refractivity contribution in [3.05, 3.63) is 60.0 Å². The van der Waals surface area contributed by atoms with Crippen LogP contribution in [0, 0.1) is 0 Å². The summed E-state index contributed by atoms with van der Waals surface area (Å²) in [4.78, 5) is 23.1. The van der Waals surface area contributed by atoms with E-state index in [2.05, 4.69) is 16.5 Å². The molecule has 0 spiro atoms. The summed E-state index contributed by atoms with van der Waals surface area (Å²) < 4.78 is 11.4. The van der Waals surface area contributed by atoms with E-state index in [1.807, 2.05) is 0 Å². The van der Waals surface area contributed by atoms with E-state index >= 15 is 0 Å². The highest BCUT2D eigenvalue weighted by molar-refractivity contribution is 7.99. The number of pyridine rings is 2. The van der Waals surface area contributed by atoms with Crippen LogP contribution in [0.5, 0.6) is 5.75 Å². The average Bonchev–Trinajstić information content (AvgIpc) is 2.71. The van der Waals surface area contributed by atoms with Gasteiger partial charge in [0.25, 0.3) is 5.91 Å². The van der Waals surface area contributed by atoms with Crippen molar-refractivity contribution in [2.24, 2.45) is 0 Å². The first-order chi connectivity index (χ1) is 13.2. The summed E-state index contributed by atoms with van der Waals surface area (Å²) in [5, 5.41) is 1.02. The summed E-state index contributed by atoms with van der Waals surface area (Å²) in [7, 11) is 0. The van der Waals surface area contributed by atoms with Crippen LogP contribution in [-0.2, 0) is 4.74 Å². The van der Waals surface area contributed by atoms with Crippen molar-refractivity contribution in [3.63, 3.8) is 0 Å². The Morgan fingerprint density at radius 2 is 2.22 bits per heavy atom. The van der Waals surface area contributed by atoms with E-state index in [1.165, 1.54) is 11.8 Å². The zero-order chi connectivity index (χ0) is 19.1. The number of aromatic nitrogens is 2. The number of thioether (sulfide) groups is 1. The van der Waals surface area contributed by atoms with E-state index < -0.39 is 0 Å². The largest absolute Gasteiger partial charge is 0.488 e. The number of rotatable bonds is 7. The van der Waals surface area contributed by atoms with Gasteiger partial charge in [0.05, 0.1) is 18.7 Å². The molecule has 3 rings (SSSR count).